The van der Waals surface area contributed by atoms with Gasteiger partial charge in [-0.1, -0.05) is 0 Å². The van der Waals surface area contributed by atoms with Gasteiger partial charge < -0.3 is 5.11 Å². The van der Waals surface area contributed by atoms with Gasteiger partial charge in [-0.2, -0.15) is 0 Å². The monoisotopic (exact) mass is 180 g/mol. The van der Waals surface area contributed by atoms with Gasteiger partial charge in [-0.25, -0.2) is 0 Å². The topological polar surface area (TPSA) is 54.4 Å². The predicted octanol–water partition coefficient (Wildman–Crippen LogP) is 0.161. The Bertz CT molecular complexity index is 269. The molecular weight excluding hydrogens is 168 g/mol. The minimum atomic E-state index is -0.659. The third kappa shape index (κ3) is 0.784. The number of hydrogen-bond donors (Lipinski definition) is 1. The van der Waals surface area contributed by atoms with Gasteiger partial charge in [0.2, 0.25) is 0 Å². The number of aliphatic hydroxyl groups excluding tert-OH is 1. The van der Waals surface area contributed by atoms with E-state index in [1.807, 2.05) is 0 Å². The van der Waals surface area contributed by atoms with Crippen molar-refractivity contribution in [3.63, 3.8) is 0 Å². The smallest absolute Gasteiger partial charge is 0.141 e. The summed E-state index contributed by atoms with van der Waals surface area (Å²) in [6.07, 6.45) is 1.34. The van der Waals surface area contributed by atoms with Crippen molar-refractivity contribution < 1.29 is 14.7 Å². The van der Waals surface area contributed by atoms with Crippen molar-refractivity contribution in [3.05, 3.63) is 0 Å². The molecule has 0 spiro atoms. The van der Waals surface area contributed by atoms with E-state index in [4.69, 9.17) is 0 Å². The minimum absolute atomic E-state index is 0.0925. The van der Waals surface area contributed by atoms with Crippen LogP contribution in [0.25, 0.3) is 0 Å². The SMILES string of the molecule is O=C1[C@H]2C[C@H]3C[C@@H]1C(O)[C@@H](C2)C3=O. The molecule has 4 rings (SSSR count). The highest BCUT2D eigenvalue weighted by molar-refractivity contribution is 5.96. The summed E-state index contributed by atoms with van der Waals surface area (Å²) in [5, 5.41) is 9.73. The number of ketones is 2. The van der Waals surface area contributed by atoms with Crippen molar-refractivity contribution in [2.45, 2.75) is 25.4 Å². The number of aliphatic hydroxyl groups is 1. The minimum Gasteiger partial charge on any atom is -0.392 e. The van der Waals surface area contributed by atoms with E-state index in [1.165, 1.54) is 0 Å². The van der Waals surface area contributed by atoms with Gasteiger partial charge in [0.25, 0.3) is 0 Å². The molecule has 3 heteroatoms. The third-order valence-electron chi connectivity index (χ3n) is 4.01. The maximum Gasteiger partial charge on any atom is 0.141 e. The Hall–Kier alpha value is -0.700. The zero-order chi connectivity index (χ0) is 9.16. The van der Waals surface area contributed by atoms with E-state index in [0.717, 1.165) is 6.42 Å². The van der Waals surface area contributed by atoms with Crippen molar-refractivity contribution in [3.8, 4) is 0 Å². The first-order valence-corrected chi connectivity index (χ1v) is 4.94. The molecule has 0 aromatic heterocycles. The standard InChI is InChI=1S/C10H12O3/c11-8-4-1-5-3-7(8)10(13)6(2-4)9(5)12/h4-7,10,13H,1-3H2/t4-,5-,6-,7-/m0/s1. The average Bonchev–Trinajstić information content (AvgIpc) is 2.10. The second kappa shape index (κ2) is 2.21. The molecule has 4 aliphatic rings. The summed E-state index contributed by atoms with van der Waals surface area (Å²) in [4.78, 5) is 23.2. The fraction of sp³-hybridized carbons (Fsp3) is 0.800. The highest BCUT2D eigenvalue weighted by Crippen LogP contribution is 2.49. The van der Waals surface area contributed by atoms with E-state index < -0.39 is 6.10 Å². The number of Topliss-reactive ketones (excluding diaryl/α,β-unsaturated/α-hetero) is 2. The maximum absolute atomic E-state index is 11.6. The summed E-state index contributed by atoms with van der Waals surface area (Å²) < 4.78 is 0. The molecule has 0 heterocycles. The van der Waals surface area contributed by atoms with Gasteiger partial charge in [0.15, 0.2) is 0 Å². The highest BCUT2D eigenvalue weighted by Gasteiger charge is 2.56. The fourth-order valence-corrected chi connectivity index (χ4v) is 3.35. The van der Waals surface area contributed by atoms with Gasteiger partial charge in [0.05, 0.1) is 6.10 Å². The largest absolute Gasteiger partial charge is 0.392 e. The Labute approximate surface area is 76.1 Å². The zero-order valence-electron chi connectivity index (χ0n) is 7.27. The fourth-order valence-electron chi connectivity index (χ4n) is 3.35. The summed E-state index contributed by atoms with van der Waals surface area (Å²) in [7, 11) is 0. The van der Waals surface area contributed by atoms with Gasteiger partial charge in [-0.05, 0) is 19.3 Å². The molecule has 0 saturated heterocycles. The van der Waals surface area contributed by atoms with Crippen LogP contribution in [-0.4, -0.2) is 22.8 Å². The van der Waals surface area contributed by atoms with Crippen LogP contribution >= 0.6 is 0 Å². The van der Waals surface area contributed by atoms with Crippen LogP contribution in [0.5, 0.6) is 0 Å². The van der Waals surface area contributed by atoms with Crippen LogP contribution in [0.15, 0.2) is 0 Å². The number of rotatable bonds is 0. The molecule has 0 aliphatic heterocycles. The van der Waals surface area contributed by atoms with E-state index in [2.05, 4.69) is 0 Å². The first-order valence-electron chi connectivity index (χ1n) is 4.94. The number of hydrogen-bond acceptors (Lipinski definition) is 3. The first-order chi connectivity index (χ1) is 6.18. The van der Waals surface area contributed by atoms with Crippen LogP contribution in [0.3, 0.4) is 0 Å². The Morgan fingerprint density at radius 2 is 1.38 bits per heavy atom. The summed E-state index contributed by atoms with van der Waals surface area (Å²) in [5.41, 5.74) is 0. The molecule has 4 atom stereocenters. The van der Waals surface area contributed by atoms with E-state index in [-0.39, 0.29) is 35.2 Å². The summed E-state index contributed by atoms with van der Waals surface area (Å²) >= 11 is 0. The van der Waals surface area contributed by atoms with Crippen molar-refractivity contribution in [2.24, 2.45) is 23.7 Å². The first kappa shape index (κ1) is 7.68. The van der Waals surface area contributed by atoms with Crippen LogP contribution in [-0.2, 0) is 9.59 Å². The molecule has 0 amide bonds. The van der Waals surface area contributed by atoms with Crippen LogP contribution in [0.1, 0.15) is 19.3 Å². The molecule has 4 aliphatic carbocycles. The molecule has 3 nitrogen and oxygen atoms in total. The predicted molar refractivity (Wildman–Crippen MR) is 43.8 cm³/mol. The van der Waals surface area contributed by atoms with Crippen LogP contribution < -0.4 is 0 Å². The van der Waals surface area contributed by atoms with Gasteiger partial charge in [0.1, 0.15) is 11.6 Å². The molecule has 0 radical (unpaired) electrons. The van der Waals surface area contributed by atoms with Crippen molar-refractivity contribution in [2.75, 3.05) is 0 Å². The van der Waals surface area contributed by atoms with E-state index in [9.17, 15) is 14.7 Å². The molecule has 13 heavy (non-hydrogen) atoms. The van der Waals surface area contributed by atoms with Crippen LogP contribution in [0.4, 0.5) is 0 Å². The van der Waals surface area contributed by atoms with E-state index in [1.54, 1.807) is 0 Å². The summed E-state index contributed by atoms with van der Waals surface area (Å²) in [5.74, 6) is 0.199. The van der Waals surface area contributed by atoms with Gasteiger partial charge in [-0.3, -0.25) is 9.59 Å². The van der Waals surface area contributed by atoms with Gasteiger partial charge >= 0.3 is 0 Å². The van der Waals surface area contributed by atoms with Crippen molar-refractivity contribution in [1.29, 1.82) is 0 Å². The van der Waals surface area contributed by atoms with Gasteiger partial charge in [-0.15, -0.1) is 0 Å². The van der Waals surface area contributed by atoms with Crippen molar-refractivity contribution in [1.82, 2.24) is 0 Å². The maximum atomic E-state index is 11.6. The molecule has 4 bridgehead atoms. The molecule has 4 fully saturated rings. The van der Waals surface area contributed by atoms with Crippen LogP contribution in [0, 0.1) is 23.7 Å². The summed E-state index contributed by atoms with van der Waals surface area (Å²) in [6.45, 7) is 0. The second-order valence-electron chi connectivity index (χ2n) is 4.61. The van der Waals surface area contributed by atoms with E-state index in [0.29, 0.717) is 12.8 Å². The number of carbonyl (C=O) groups excluding carboxylic acids is 2. The Balaban J connectivity index is 2.04. The second-order valence-corrected chi connectivity index (χ2v) is 4.61. The lowest BCUT2D eigenvalue weighted by atomic mass is 9.54. The Morgan fingerprint density at radius 1 is 0.923 bits per heavy atom. The van der Waals surface area contributed by atoms with Crippen molar-refractivity contribution >= 4 is 11.6 Å². The molecule has 1 N–H and O–H groups in total. The Kier molecular flexibility index (Phi) is 1.30. The normalized spacial score (nSPS) is 53.2. The number of carbonyl (C=O) groups is 2. The third-order valence-corrected chi connectivity index (χ3v) is 4.01. The molecular formula is C10H12O3. The van der Waals surface area contributed by atoms with Gasteiger partial charge in [0, 0.05) is 23.7 Å². The highest BCUT2D eigenvalue weighted by atomic mass is 16.3. The molecule has 70 valence electrons. The molecule has 4 saturated carbocycles. The lowest BCUT2D eigenvalue weighted by Crippen LogP contribution is -2.58. The average molecular weight is 180 g/mol. The quantitative estimate of drug-likeness (QED) is 0.577. The Morgan fingerprint density at radius 3 is 1.85 bits per heavy atom. The van der Waals surface area contributed by atoms with E-state index >= 15 is 0 Å². The lowest BCUT2D eigenvalue weighted by molar-refractivity contribution is -0.164. The molecule has 0 unspecified atom stereocenters. The van der Waals surface area contributed by atoms with Crippen LogP contribution in [0.2, 0.25) is 0 Å². The molecule has 0 aromatic carbocycles. The zero-order valence-corrected chi connectivity index (χ0v) is 7.27. The summed E-state index contributed by atoms with van der Waals surface area (Å²) in [6, 6.07) is 0. The lowest BCUT2D eigenvalue weighted by Gasteiger charge is -2.49. The molecule has 0 aromatic rings.